The van der Waals surface area contributed by atoms with Gasteiger partial charge in [0.15, 0.2) is 6.61 Å². The van der Waals surface area contributed by atoms with E-state index in [2.05, 4.69) is 4.98 Å². The number of benzene rings is 1. The Morgan fingerprint density at radius 3 is 2.71 bits per heavy atom. The summed E-state index contributed by atoms with van der Waals surface area (Å²) in [6.07, 6.45) is 0. The standard InChI is InChI=1S/C15H11N3O6/c1-8-4-10(12(6-16)15(21)17-8)11-5-9(18(22)23)2-3-13(11)24-7-14(19)20/h2-5H,7H2,1H3,(H,17,21)(H,19,20). The second kappa shape index (κ2) is 6.62. The lowest BCUT2D eigenvalue weighted by atomic mass is 9.99. The summed E-state index contributed by atoms with van der Waals surface area (Å²) >= 11 is 0. The summed E-state index contributed by atoms with van der Waals surface area (Å²) in [4.78, 5) is 35.4. The monoisotopic (exact) mass is 329 g/mol. The molecule has 0 atom stereocenters. The molecule has 1 aromatic heterocycles. The van der Waals surface area contributed by atoms with Crippen LogP contribution in [0.5, 0.6) is 5.75 Å². The van der Waals surface area contributed by atoms with Gasteiger partial charge in [-0.05, 0) is 19.1 Å². The maximum Gasteiger partial charge on any atom is 0.341 e. The van der Waals surface area contributed by atoms with Gasteiger partial charge in [-0.1, -0.05) is 0 Å². The second-order valence-electron chi connectivity index (χ2n) is 4.80. The van der Waals surface area contributed by atoms with Gasteiger partial charge < -0.3 is 14.8 Å². The summed E-state index contributed by atoms with van der Waals surface area (Å²) in [5, 5.41) is 28.9. The SMILES string of the molecule is Cc1cc(-c2cc([N+](=O)[O-])ccc2OCC(=O)O)c(C#N)c(=O)[nH]1. The lowest BCUT2D eigenvalue weighted by Crippen LogP contribution is -2.14. The van der Waals surface area contributed by atoms with Crippen LogP contribution in [0.4, 0.5) is 5.69 Å². The minimum absolute atomic E-state index is 0.0181. The molecule has 24 heavy (non-hydrogen) atoms. The first-order valence-electron chi connectivity index (χ1n) is 6.61. The molecule has 2 aromatic rings. The van der Waals surface area contributed by atoms with Crippen LogP contribution in [0.25, 0.3) is 11.1 Å². The van der Waals surface area contributed by atoms with E-state index in [-0.39, 0.29) is 28.1 Å². The first-order chi connectivity index (χ1) is 11.3. The number of ether oxygens (including phenoxy) is 1. The van der Waals surface area contributed by atoms with Crippen molar-refractivity contribution in [2.24, 2.45) is 0 Å². The van der Waals surface area contributed by atoms with Gasteiger partial charge in [0, 0.05) is 29.0 Å². The highest BCUT2D eigenvalue weighted by molar-refractivity contribution is 5.78. The minimum atomic E-state index is -1.23. The summed E-state index contributed by atoms with van der Waals surface area (Å²) in [5.74, 6) is -1.22. The third-order valence-corrected chi connectivity index (χ3v) is 3.10. The van der Waals surface area contributed by atoms with Crippen molar-refractivity contribution in [2.45, 2.75) is 6.92 Å². The average molecular weight is 329 g/mol. The number of nitro benzene ring substituents is 1. The topological polar surface area (TPSA) is 146 Å². The van der Waals surface area contributed by atoms with Crippen molar-refractivity contribution in [1.29, 1.82) is 5.26 Å². The lowest BCUT2D eigenvalue weighted by molar-refractivity contribution is -0.384. The Balaban J connectivity index is 2.73. The van der Waals surface area contributed by atoms with E-state index in [1.807, 2.05) is 0 Å². The molecule has 0 aliphatic rings. The molecule has 9 nitrogen and oxygen atoms in total. The maximum atomic E-state index is 11.9. The first kappa shape index (κ1) is 16.7. The van der Waals surface area contributed by atoms with Gasteiger partial charge >= 0.3 is 5.97 Å². The smallest absolute Gasteiger partial charge is 0.341 e. The molecule has 2 rings (SSSR count). The summed E-state index contributed by atoms with van der Waals surface area (Å²) in [7, 11) is 0. The summed E-state index contributed by atoms with van der Waals surface area (Å²) < 4.78 is 5.12. The average Bonchev–Trinajstić information content (AvgIpc) is 2.51. The first-order valence-corrected chi connectivity index (χ1v) is 6.61. The number of nitro groups is 1. The number of carboxylic acids is 1. The quantitative estimate of drug-likeness (QED) is 0.625. The number of rotatable bonds is 5. The Bertz CT molecular complexity index is 926. The Kier molecular flexibility index (Phi) is 4.60. The van der Waals surface area contributed by atoms with Crippen molar-refractivity contribution in [2.75, 3.05) is 6.61 Å². The molecular formula is C15H11N3O6. The van der Waals surface area contributed by atoms with Gasteiger partial charge in [-0.2, -0.15) is 5.26 Å². The number of H-pyrrole nitrogens is 1. The number of aliphatic carboxylic acids is 1. The lowest BCUT2D eigenvalue weighted by Gasteiger charge is -2.11. The van der Waals surface area contributed by atoms with Crippen molar-refractivity contribution in [3.05, 3.63) is 56.0 Å². The Morgan fingerprint density at radius 2 is 2.12 bits per heavy atom. The highest BCUT2D eigenvalue weighted by atomic mass is 16.6. The number of nitrogens with one attached hydrogen (secondary N) is 1. The van der Waals surface area contributed by atoms with Gasteiger partial charge in [-0.3, -0.25) is 14.9 Å². The molecule has 2 N–H and O–H groups in total. The zero-order valence-corrected chi connectivity index (χ0v) is 12.4. The van der Waals surface area contributed by atoms with Crippen LogP contribution in [0.1, 0.15) is 11.3 Å². The molecule has 0 bridgehead atoms. The van der Waals surface area contributed by atoms with Crippen molar-refractivity contribution >= 4 is 11.7 Å². The van der Waals surface area contributed by atoms with Crippen LogP contribution in [0, 0.1) is 28.4 Å². The van der Waals surface area contributed by atoms with Crippen molar-refractivity contribution < 1.29 is 19.6 Å². The number of aryl methyl sites for hydroxylation is 1. The number of hydrogen-bond donors (Lipinski definition) is 2. The van der Waals surface area contributed by atoms with Crippen molar-refractivity contribution in [1.82, 2.24) is 4.98 Å². The third kappa shape index (κ3) is 3.38. The normalized spacial score (nSPS) is 10.0. The maximum absolute atomic E-state index is 11.9. The molecule has 0 spiro atoms. The molecular weight excluding hydrogens is 318 g/mol. The highest BCUT2D eigenvalue weighted by Crippen LogP contribution is 2.34. The fourth-order valence-electron chi connectivity index (χ4n) is 2.12. The van der Waals surface area contributed by atoms with Gasteiger partial charge in [-0.15, -0.1) is 0 Å². The van der Waals surface area contributed by atoms with E-state index in [4.69, 9.17) is 9.84 Å². The fraction of sp³-hybridized carbons (Fsp3) is 0.133. The summed E-state index contributed by atoms with van der Waals surface area (Å²) in [6.45, 7) is 0.913. The van der Waals surface area contributed by atoms with Crippen molar-refractivity contribution in [3.63, 3.8) is 0 Å². The molecule has 0 radical (unpaired) electrons. The summed E-state index contributed by atoms with van der Waals surface area (Å²) in [6, 6.07) is 6.72. The predicted molar refractivity (Wildman–Crippen MR) is 81.7 cm³/mol. The zero-order valence-electron chi connectivity index (χ0n) is 12.4. The van der Waals surface area contributed by atoms with Crippen LogP contribution in [-0.2, 0) is 4.79 Å². The zero-order chi connectivity index (χ0) is 17.9. The van der Waals surface area contributed by atoms with E-state index in [0.29, 0.717) is 5.69 Å². The van der Waals surface area contributed by atoms with Gasteiger partial charge in [0.05, 0.1) is 4.92 Å². The van der Waals surface area contributed by atoms with Gasteiger partial charge in [0.1, 0.15) is 17.4 Å². The van der Waals surface area contributed by atoms with Gasteiger partial charge in [0.25, 0.3) is 11.2 Å². The molecule has 1 heterocycles. The van der Waals surface area contributed by atoms with Crippen LogP contribution >= 0.6 is 0 Å². The van der Waals surface area contributed by atoms with Crippen LogP contribution in [0.15, 0.2) is 29.1 Å². The molecule has 0 amide bonds. The number of carbonyl (C=O) groups is 1. The second-order valence-corrected chi connectivity index (χ2v) is 4.80. The Morgan fingerprint density at radius 1 is 1.42 bits per heavy atom. The number of aromatic amines is 1. The molecule has 0 aliphatic carbocycles. The third-order valence-electron chi connectivity index (χ3n) is 3.10. The largest absolute Gasteiger partial charge is 0.481 e. The number of nitrogens with zero attached hydrogens (tertiary/aromatic N) is 2. The van der Waals surface area contributed by atoms with Gasteiger partial charge in [-0.25, -0.2) is 4.79 Å². The Labute approximate surface area is 134 Å². The molecule has 0 saturated heterocycles. The molecule has 0 saturated carbocycles. The van der Waals surface area contributed by atoms with Crippen LogP contribution in [0.3, 0.4) is 0 Å². The Hall–Kier alpha value is -3.67. The van der Waals surface area contributed by atoms with E-state index < -0.39 is 23.1 Å². The van der Waals surface area contributed by atoms with Crippen LogP contribution in [-0.4, -0.2) is 27.6 Å². The van der Waals surface area contributed by atoms with E-state index in [9.17, 15) is 25.0 Å². The molecule has 0 unspecified atom stereocenters. The number of nitriles is 1. The van der Waals surface area contributed by atoms with E-state index in [1.165, 1.54) is 12.1 Å². The van der Waals surface area contributed by atoms with Crippen LogP contribution < -0.4 is 10.3 Å². The number of non-ortho nitro benzene ring substituents is 1. The summed E-state index contributed by atoms with van der Waals surface area (Å²) in [5.41, 5.74) is -0.525. The van der Waals surface area contributed by atoms with E-state index >= 15 is 0 Å². The number of aromatic nitrogens is 1. The predicted octanol–water partition coefficient (Wildman–Crippen LogP) is 1.59. The van der Waals surface area contributed by atoms with E-state index in [1.54, 1.807) is 13.0 Å². The highest BCUT2D eigenvalue weighted by Gasteiger charge is 2.19. The molecule has 0 aliphatic heterocycles. The van der Waals surface area contributed by atoms with Crippen molar-refractivity contribution in [3.8, 4) is 22.9 Å². The molecule has 9 heteroatoms. The fourth-order valence-corrected chi connectivity index (χ4v) is 2.12. The molecule has 0 fully saturated rings. The van der Waals surface area contributed by atoms with Gasteiger partial charge in [0.2, 0.25) is 0 Å². The number of carboxylic acid groups (broad SMARTS) is 1. The molecule has 122 valence electrons. The van der Waals surface area contributed by atoms with Crippen LogP contribution in [0.2, 0.25) is 0 Å². The van der Waals surface area contributed by atoms with E-state index in [0.717, 1.165) is 12.1 Å². The number of pyridine rings is 1. The minimum Gasteiger partial charge on any atom is -0.481 e. The molecule has 1 aromatic carbocycles. The number of hydrogen-bond acceptors (Lipinski definition) is 6.